The SMILES string of the molecule is Cn1nc(C(F)(F)F)nc1C(=O)N1CCc2[nH]cnc2[C@H]1c1cc2c(Cl)cccn2n1. The first-order valence-corrected chi connectivity index (χ1v) is 9.57. The Bertz CT molecular complexity index is 1310. The zero-order valence-corrected chi connectivity index (χ0v) is 16.7. The standard InChI is InChI=1S/C18H14ClF3N8O/c1-28-15(25-17(27-28)18(20,21)22)16(31)29-6-4-10-13(24-8-23-10)14(29)11-7-12-9(19)3-2-5-30(12)26-11/h2-3,5,7-8,14H,4,6H2,1H3,(H,23,24)/t14-/m1/s1. The molecule has 0 aliphatic carbocycles. The van der Waals surface area contributed by atoms with Gasteiger partial charge < -0.3 is 9.88 Å². The van der Waals surface area contributed by atoms with Crippen molar-refractivity contribution in [1.82, 2.24) is 39.2 Å². The molecule has 1 amide bonds. The number of rotatable bonds is 2. The molecule has 0 aromatic carbocycles. The number of aromatic amines is 1. The number of hydrogen-bond donors (Lipinski definition) is 1. The van der Waals surface area contributed by atoms with Crippen molar-refractivity contribution < 1.29 is 18.0 Å². The molecule has 4 aromatic heterocycles. The van der Waals surface area contributed by atoms with E-state index in [1.807, 2.05) is 0 Å². The fourth-order valence-electron chi connectivity index (χ4n) is 3.75. The van der Waals surface area contributed by atoms with Crippen LogP contribution in [0.4, 0.5) is 13.2 Å². The lowest BCUT2D eigenvalue weighted by Gasteiger charge is -2.33. The van der Waals surface area contributed by atoms with E-state index in [2.05, 4.69) is 25.1 Å². The zero-order chi connectivity index (χ0) is 21.9. The van der Waals surface area contributed by atoms with E-state index in [1.165, 1.54) is 18.3 Å². The van der Waals surface area contributed by atoms with Crippen LogP contribution in [-0.2, 0) is 19.6 Å². The van der Waals surface area contributed by atoms with Crippen LogP contribution in [-0.4, -0.2) is 51.7 Å². The van der Waals surface area contributed by atoms with E-state index in [4.69, 9.17) is 11.6 Å². The van der Waals surface area contributed by atoms with Gasteiger partial charge in [-0.15, -0.1) is 5.10 Å². The summed E-state index contributed by atoms with van der Waals surface area (Å²) in [4.78, 5) is 25.5. The van der Waals surface area contributed by atoms with Crippen molar-refractivity contribution in [2.45, 2.75) is 18.6 Å². The van der Waals surface area contributed by atoms with Crippen molar-refractivity contribution in [3.63, 3.8) is 0 Å². The Balaban J connectivity index is 1.61. The van der Waals surface area contributed by atoms with Crippen molar-refractivity contribution >= 4 is 23.0 Å². The molecule has 13 heteroatoms. The number of H-pyrrole nitrogens is 1. The largest absolute Gasteiger partial charge is 0.453 e. The number of amides is 1. The molecule has 5 heterocycles. The fraction of sp³-hybridized carbons (Fsp3) is 0.278. The number of aromatic nitrogens is 7. The molecule has 0 saturated heterocycles. The van der Waals surface area contributed by atoms with Crippen LogP contribution in [0.5, 0.6) is 0 Å². The predicted octanol–water partition coefficient (Wildman–Crippen LogP) is 2.65. The van der Waals surface area contributed by atoms with Gasteiger partial charge in [0.1, 0.15) is 6.04 Å². The van der Waals surface area contributed by atoms with E-state index in [-0.39, 0.29) is 6.54 Å². The summed E-state index contributed by atoms with van der Waals surface area (Å²) in [6, 6.07) is 4.44. The van der Waals surface area contributed by atoms with Gasteiger partial charge >= 0.3 is 6.18 Å². The lowest BCUT2D eigenvalue weighted by atomic mass is 9.99. The highest BCUT2D eigenvalue weighted by Gasteiger charge is 2.41. The number of nitrogens with one attached hydrogen (secondary N) is 1. The number of fused-ring (bicyclic) bond motifs is 2. The van der Waals surface area contributed by atoms with Crippen molar-refractivity contribution in [1.29, 1.82) is 0 Å². The molecule has 160 valence electrons. The van der Waals surface area contributed by atoms with Crippen LogP contribution in [0.25, 0.3) is 5.52 Å². The number of hydrogen-bond acceptors (Lipinski definition) is 5. The van der Waals surface area contributed by atoms with Crippen molar-refractivity contribution in [3.05, 3.63) is 64.5 Å². The Labute approximate surface area is 177 Å². The Morgan fingerprint density at radius 3 is 2.84 bits per heavy atom. The average molecular weight is 451 g/mol. The van der Waals surface area contributed by atoms with Gasteiger partial charge in [0, 0.05) is 31.9 Å². The molecule has 0 saturated carbocycles. The molecule has 0 fully saturated rings. The van der Waals surface area contributed by atoms with Gasteiger partial charge in [0.15, 0.2) is 0 Å². The normalized spacial score (nSPS) is 16.7. The monoisotopic (exact) mass is 450 g/mol. The fourth-order valence-corrected chi connectivity index (χ4v) is 3.96. The molecule has 0 unspecified atom stereocenters. The van der Waals surface area contributed by atoms with Gasteiger partial charge in [-0.05, 0) is 18.2 Å². The number of carbonyl (C=O) groups excluding carboxylic acids is 1. The number of halogens is 4. The summed E-state index contributed by atoms with van der Waals surface area (Å²) in [6.07, 6.45) is -1.08. The summed E-state index contributed by atoms with van der Waals surface area (Å²) >= 11 is 6.26. The van der Waals surface area contributed by atoms with Gasteiger partial charge in [-0.1, -0.05) is 11.6 Å². The van der Waals surface area contributed by atoms with Gasteiger partial charge in [-0.25, -0.2) is 14.2 Å². The lowest BCUT2D eigenvalue weighted by Crippen LogP contribution is -2.42. The third-order valence-corrected chi connectivity index (χ3v) is 5.46. The molecule has 0 bridgehead atoms. The molecule has 0 radical (unpaired) electrons. The minimum absolute atomic E-state index is 0.231. The van der Waals surface area contributed by atoms with Crippen LogP contribution in [0.15, 0.2) is 30.7 Å². The van der Waals surface area contributed by atoms with Gasteiger partial charge in [0.2, 0.25) is 5.82 Å². The molecule has 1 N–H and O–H groups in total. The number of carbonyl (C=O) groups is 1. The first kappa shape index (κ1) is 19.5. The van der Waals surface area contributed by atoms with Crippen molar-refractivity contribution in [2.24, 2.45) is 7.05 Å². The van der Waals surface area contributed by atoms with Crippen LogP contribution >= 0.6 is 11.6 Å². The summed E-state index contributed by atoms with van der Waals surface area (Å²) in [5.41, 5.74) is 2.50. The Kier molecular flexibility index (Phi) is 4.29. The topological polar surface area (TPSA) is 97.0 Å². The first-order valence-electron chi connectivity index (χ1n) is 9.19. The van der Waals surface area contributed by atoms with E-state index in [1.54, 1.807) is 28.9 Å². The van der Waals surface area contributed by atoms with E-state index in [9.17, 15) is 18.0 Å². The van der Waals surface area contributed by atoms with Gasteiger partial charge in [0.05, 0.1) is 28.3 Å². The molecular formula is C18H14ClF3N8O. The number of imidazole rings is 1. The van der Waals surface area contributed by atoms with Crippen LogP contribution in [0.1, 0.15) is 39.6 Å². The second-order valence-corrected chi connectivity index (χ2v) is 7.46. The summed E-state index contributed by atoms with van der Waals surface area (Å²) in [5, 5.41) is 8.35. The zero-order valence-electron chi connectivity index (χ0n) is 15.9. The van der Waals surface area contributed by atoms with Crippen molar-refractivity contribution in [2.75, 3.05) is 6.54 Å². The van der Waals surface area contributed by atoms with Gasteiger partial charge in [-0.2, -0.15) is 23.3 Å². The number of pyridine rings is 1. The number of aryl methyl sites for hydroxylation is 1. The quantitative estimate of drug-likeness (QED) is 0.506. The third-order valence-electron chi connectivity index (χ3n) is 5.14. The molecule has 0 spiro atoms. The van der Waals surface area contributed by atoms with E-state index in [0.29, 0.717) is 28.3 Å². The van der Waals surface area contributed by atoms with Crippen LogP contribution < -0.4 is 0 Å². The maximum absolute atomic E-state index is 13.3. The molecule has 31 heavy (non-hydrogen) atoms. The van der Waals surface area contributed by atoms with Crippen LogP contribution in [0.3, 0.4) is 0 Å². The molecule has 5 rings (SSSR count). The predicted molar refractivity (Wildman–Crippen MR) is 101 cm³/mol. The van der Waals surface area contributed by atoms with Gasteiger partial charge in [-0.3, -0.25) is 4.79 Å². The average Bonchev–Trinajstić information content (AvgIpc) is 3.44. The smallest absolute Gasteiger partial charge is 0.348 e. The molecular weight excluding hydrogens is 437 g/mol. The van der Waals surface area contributed by atoms with Crippen LogP contribution in [0.2, 0.25) is 5.02 Å². The minimum Gasteiger partial charge on any atom is -0.348 e. The second-order valence-electron chi connectivity index (χ2n) is 7.05. The Hall–Kier alpha value is -3.41. The maximum atomic E-state index is 13.3. The first-order chi connectivity index (χ1) is 14.7. The summed E-state index contributed by atoms with van der Waals surface area (Å²) in [5.74, 6) is -2.49. The summed E-state index contributed by atoms with van der Waals surface area (Å²) < 4.78 is 41.5. The lowest BCUT2D eigenvalue weighted by molar-refractivity contribution is -0.144. The molecule has 1 aliphatic heterocycles. The Morgan fingerprint density at radius 2 is 2.13 bits per heavy atom. The summed E-state index contributed by atoms with van der Waals surface area (Å²) in [7, 11) is 1.25. The van der Waals surface area contributed by atoms with Crippen molar-refractivity contribution in [3.8, 4) is 0 Å². The highest BCUT2D eigenvalue weighted by molar-refractivity contribution is 6.33. The number of alkyl halides is 3. The molecule has 1 aliphatic rings. The molecule has 1 atom stereocenters. The molecule has 4 aromatic rings. The molecule has 9 nitrogen and oxygen atoms in total. The maximum Gasteiger partial charge on any atom is 0.453 e. The Morgan fingerprint density at radius 1 is 1.32 bits per heavy atom. The number of nitrogens with zero attached hydrogens (tertiary/aromatic N) is 7. The second kappa shape index (κ2) is 6.80. The highest BCUT2D eigenvalue weighted by Crippen LogP contribution is 2.35. The van der Waals surface area contributed by atoms with Gasteiger partial charge in [0.25, 0.3) is 11.7 Å². The highest BCUT2D eigenvalue weighted by atomic mass is 35.5. The minimum atomic E-state index is -4.76. The van der Waals surface area contributed by atoms with E-state index in [0.717, 1.165) is 10.4 Å². The van der Waals surface area contributed by atoms with E-state index >= 15 is 0 Å². The third kappa shape index (κ3) is 3.14. The van der Waals surface area contributed by atoms with E-state index < -0.39 is 29.8 Å². The summed E-state index contributed by atoms with van der Waals surface area (Å²) in [6.45, 7) is 0.231. The van der Waals surface area contributed by atoms with Crippen LogP contribution in [0, 0.1) is 0 Å².